The van der Waals surface area contributed by atoms with Crippen LogP contribution in [-0.4, -0.2) is 57.4 Å². The van der Waals surface area contributed by atoms with Crippen molar-refractivity contribution in [3.8, 4) is 11.5 Å². The lowest BCUT2D eigenvalue weighted by molar-refractivity contribution is 0.0162. The van der Waals surface area contributed by atoms with E-state index in [9.17, 15) is 4.79 Å². The number of nitrogens with zero attached hydrogens (tertiary/aromatic N) is 1. The number of rotatable bonds is 9. The van der Waals surface area contributed by atoms with Gasteiger partial charge < -0.3 is 19.5 Å². The van der Waals surface area contributed by atoms with E-state index in [1.165, 1.54) is 11.1 Å². The third-order valence-corrected chi connectivity index (χ3v) is 5.15. The number of carbonyl (C=O) groups excluding carboxylic acids is 1. The van der Waals surface area contributed by atoms with Crippen molar-refractivity contribution in [2.45, 2.75) is 13.0 Å². The number of benzene rings is 2. The molecule has 2 aromatic carbocycles. The van der Waals surface area contributed by atoms with Crippen LogP contribution in [0.3, 0.4) is 0 Å². The minimum absolute atomic E-state index is 0.0924. The number of morpholine rings is 1. The zero-order chi connectivity index (χ0) is 21.3. The summed E-state index contributed by atoms with van der Waals surface area (Å²) in [4.78, 5) is 15.2. The first-order valence-corrected chi connectivity index (χ1v) is 10.2. The molecular formula is C24H30N2O4. The van der Waals surface area contributed by atoms with E-state index in [1.54, 1.807) is 31.4 Å². The third kappa shape index (κ3) is 5.62. The van der Waals surface area contributed by atoms with Gasteiger partial charge in [-0.1, -0.05) is 42.5 Å². The molecule has 1 saturated heterocycles. The molecule has 1 N–H and O–H groups in total. The molecule has 0 spiro atoms. The maximum atomic E-state index is 12.9. The average molecular weight is 411 g/mol. The monoisotopic (exact) mass is 410 g/mol. The van der Waals surface area contributed by atoms with Crippen LogP contribution in [0.1, 0.15) is 27.5 Å². The van der Waals surface area contributed by atoms with E-state index < -0.39 is 0 Å². The van der Waals surface area contributed by atoms with Gasteiger partial charge in [0, 0.05) is 25.2 Å². The molecule has 6 nitrogen and oxygen atoms in total. The summed E-state index contributed by atoms with van der Waals surface area (Å²) in [6.07, 6.45) is 1.66. The number of ether oxygens (including phenoxy) is 3. The zero-order valence-corrected chi connectivity index (χ0v) is 17.7. The quantitative estimate of drug-likeness (QED) is 0.643. The molecule has 1 unspecified atom stereocenters. The lowest BCUT2D eigenvalue weighted by Crippen LogP contribution is -2.43. The summed E-state index contributed by atoms with van der Waals surface area (Å²) in [7, 11) is 1.56. The molecule has 1 amide bonds. The Morgan fingerprint density at radius 2 is 2.03 bits per heavy atom. The Morgan fingerprint density at radius 3 is 2.73 bits per heavy atom. The molecule has 30 heavy (non-hydrogen) atoms. The van der Waals surface area contributed by atoms with Crippen LogP contribution in [0.2, 0.25) is 0 Å². The van der Waals surface area contributed by atoms with Gasteiger partial charge in [-0.05, 0) is 30.7 Å². The van der Waals surface area contributed by atoms with Crippen molar-refractivity contribution in [3.63, 3.8) is 0 Å². The number of methoxy groups -OCH3 is 1. The van der Waals surface area contributed by atoms with Crippen molar-refractivity contribution >= 4 is 5.91 Å². The molecule has 3 rings (SSSR count). The minimum Gasteiger partial charge on any atom is -0.493 e. The van der Waals surface area contributed by atoms with E-state index in [0.717, 1.165) is 13.1 Å². The molecule has 1 aliphatic rings. The van der Waals surface area contributed by atoms with Gasteiger partial charge in [-0.2, -0.15) is 0 Å². The summed E-state index contributed by atoms with van der Waals surface area (Å²) in [5.41, 5.74) is 2.93. The molecular weight excluding hydrogens is 380 g/mol. The van der Waals surface area contributed by atoms with E-state index in [1.807, 2.05) is 0 Å². The van der Waals surface area contributed by atoms with Crippen LogP contribution in [0.4, 0.5) is 0 Å². The molecule has 1 heterocycles. The Kier molecular flexibility index (Phi) is 7.88. The average Bonchev–Trinajstić information content (AvgIpc) is 2.78. The Hall–Kier alpha value is -2.83. The predicted octanol–water partition coefficient (Wildman–Crippen LogP) is 3.37. The first-order valence-electron chi connectivity index (χ1n) is 10.2. The van der Waals surface area contributed by atoms with Gasteiger partial charge in [-0.15, -0.1) is 0 Å². The standard InChI is InChI=1S/C24H30N2O4/c1-4-12-30-22-9-8-20(16-23(22)28-3)24(27)25-17-21(26-10-13-29-14-11-26)19-7-5-6-18(2)15-19/h4-9,15-16,21H,1,10-14,17H2,2-3H3,(H,25,27). The zero-order valence-electron chi connectivity index (χ0n) is 17.7. The fraction of sp³-hybridized carbons (Fsp3) is 0.375. The highest BCUT2D eigenvalue weighted by Crippen LogP contribution is 2.28. The van der Waals surface area contributed by atoms with Crippen molar-refractivity contribution in [2.24, 2.45) is 0 Å². The van der Waals surface area contributed by atoms with Crippen LogP contribution >= 0.6 is 0 Å². The van der Waals surface area contributed by atoms with Crippen molar-refractivity contribution in [3.05, 3.63) is 71.8 Å². The van der Waals surface area contributed by atoms with E-state index in [2.05, 4.69) is 48.0 Å². The first kappa shape index (κ1) is 21.9. The van der Waals surface area contributed by atoms with Gasteiger partial charge >= 0.3 is 0 Å². The maximum Gasteiger partial charge on any atom is 0.251 e. The van der Waals surface area contributed by atoms with E-state index in [0.29, 0.717) is 43.4 Å². The second-order valence-electron chi connectivity index (χ2n) is 7.25. The highest BCUT2D eigenvalue weighted by Gasteiger charge is 2.23. The summed E-state index contributed by atoms with van der Waals surface area (Å²) in [6.45, 7) is 9.72. The van der Waals surface area contributed by atoms with Crippen molar-refractivity contribution in [1.29, 1.82) is 0 Å². The molecule has 1 atom stereocenters. The SMILES string of the molecule is C=CCOc1ccc(C(=O)NCC(c2cccc(C)c2)N2CCOCC2)cc1OC. The molecule has 1 aliphatic heterocycles. The summed E-state index contributed by atoms with van der Waals surface area (Å²) >= 11 is 0. The number of carbonyl (C=O) groups is 1. The first-order chi connectivity index (χ1) is 14.6. The van der Waals surface area contributed by atoms with Crippen molar-refractivity contribution < 1.29 is 19.0 Å². The van der Waals surface area contributed by atoms with Crippen molar-refractivity contribution in [2.75, 3.05) is 46.6 Å². The minimum atomic E-state index is -0.144. The Bertz CT molecular complexity index is 862. The number of nitrogens with one attached hydrogen (secondary N) is 1. The van der Waals surface area contributed by atoms with Crippen LogP contribution in [0.5, 0.6) is 11.5 Å². The highest BCUT2D eigenvalue weighted by atomic mass is 16.5. The molecule has 1 fully saturated rings. The van der Waals surface area contributed by atoms with Gasteiger partial charge in [0.1, 0.15) is 6.61 Å². The Morgan fingerprint density at radius 1 is 1.23 bits per heavy atom. The van der Waals surface area contributed by atoms with Crippen LogP contribution in [0, 0.1) is 6.92 Å². The van der Waals surface area contributed by atoms with Gasteiger partial charge in [-0.25, -0.2) is 0 Å². The van der Waals surface area contributed by atoms with Crippen LogP contribution in [-0.2, 0) is 4.74 Å². The molecule has 0 aliphatic carbocycles. The molecule has 160 valence electrons. The van der Waals surface area contributed by atoms with E-state index in [-0.39, 0.29) is 11.9 Å². The summed E-state index contributed by atoms with van der Waals surface area (Å²) in [5, 5.41) is 3.09. The van der Waals surface area contributed by atoms with E-state index in [4.69, 9.17) is 14.2 Å². The number of hydrogen-bond acceptors (Lipinski definition) is 5. The number of hydrogen-bond donors (Lipinski definition) is 1. The summed E-state index contributed by atoms with van der Waals surface area (Å²) in [6, 6.07) is 13.7. The highest BCUT2D eigenvalue weighted by molar-refractivity contribution is 5.94. The fourth-order valence-corrected chi connectivity index (χ4v) is 3.59. The fourth-order valence-electron chi connectivity index (χ4n) is 3.59. The van der Waals surface area contributed by atoms with Gasteiger partial charge in [0.05, 0.1) is 26.4 Å². The molecule has 6 heteroatoms. The van der Waals surface area contributed by atoms with Gasteiger partial charge in [0.25, 0.3) is 5.91 Å². The maximum absolute atomic E-state index is 12.9. The topological polar surface area (TPSA) is 60.0 Å². The summed E-state index contributed by atoms with van der Waals surface area (Å²) in [5.74, 6) is 0.960. The molecule has 0 radical (unpaired) electrons. The Balaban J connectivity index is 1.73. The number of amides is 1. The van der Waals surface area contributed by atoms with Crippen LogP contribution < -0.4 is 14.8 Å². The second kappa shape index (κ2) is 10.8. The molecule has 0 bridgehead atoms. The van der Waals surface area contributed by atoms with Gasteiger partial charge in [-0.3, -0.25) is 9.69 Å². The van der Waals surface area contributed by atoms with Crippen molar-refractivity contribution in [1.82, 2.24) is 10.2 Å². The van der Waals surface area contributed by atoms with Crippen LogP contribution in [0.25, 0.3) is 0 Å². The van der Waals surface area contributed by atoms with Gasteiger partial charge in [0.15, 0.2) is 11.5 Å². The van der Waals surface area contributed by atoms with Crippen LogP contribution in [0.15, 0.2) is 55.1 Å². The summed E-state index contributed by atoms with van der Waals surface area (Å²) < 4.78 is 16.4. The predicted molar refractivity (Wildman–Crippen MR) is 117 cm³/mol. The second-order valence-corrected chi connectivity index (χ2v) is 7.25. The smallest absolute Gasteiger partial charge is 0.251 e. The third-order valence-electron chi connectivity index (χ3n) is 5.15. The molecule has 0 saturated carbocycles. The molecule has 0 aromatic heterocycles. The normalized spacial score (nSPS) is 15.3. The van der Waals surface area contributed by atoms with E-state index >= 15 is 0 Å². The molecule has 2 aromatic rings. The lowest BCUT2D eigenvalue weighted by atomic mass is 10.0. The van der Waals surface area contributed by atoms with Gasteiger partial charge in [0.2, 0.25) is 0 Å². The number of aryl methyl sites for hydroxylation is 1. The Labute approximate surface area is 178 Å². The lowest BCUT2D eigenvalue weighted by Gasteiger charge is -2.35. The largest absolute Gasteiger partial charge is 0.493 e.